The van der Waals surface area contributed by atoms with E-state index in [2.05, 4.69) is 4.72 Å². The van der Waals surface area contributed by atoms with Gasteiger partial charge in [0, 0.05) is 19.2 Å². The number of non-ortho nitro benzene ring substituents is 1. The van der Waals surface area contributed by atoms with Crippen molar-refractivity contribution in [1.82, 2.24) is 9.03 Å². The first-order valence-electron chi connectivity index (χ1n) is 6.25. The minimum Gasteiger partial charge on any atom is -0.488 e. The predicted molar refractivity (Wildman–Crippen MR) is 69.5 cm³/mol. The van der Waals surface area contributed by atoms with Gasteiger partial charge in [-0.05, 0) is 6.42 Å². The van der Waals surface area contributed by atoms with Crippen LogP contribution in [-0.4, -0.2) is 42.9 Å². The van der Waals surface area contributed by atoms with Crippen LogP contribution in [0.3, 0.4) is 0 Å². The molecule has 1 aromatic rings. The van der Waals surface area contributed by atoms with Gasteiger partial charge in [-0.3, -0.25) is 10.1 Å². The maximum absolute atomic E-state index is 13.4. The highest BCUT2D eigenvalue weighted by Crippen LogP contribution is 2.30. The van der Waals surface area contributed by atoms with Gasteiger partial charge in [0.15, 0.2) is 0 Å². The molecule has 2 fully saturated rings. The van der Waals surface area contributed by atoms with Crippen LogP contribution in [0.2, 0.25) is 0 Å². The Kier molecular flexibility index (Phi) is 3.30. The van der Waals surface area contributed by atoms with Crippen molar-refractivity contribution in [3.05, 3.63) is 34.1 Å². The first-order valence-corrected chi connectivity index (χ1v) is 7.69. The van der Waals surface area contributed by atoms with Gasteiger partial charge < -0.3 is 4.74 Å². The first kappa shape index (κ1) is 14.2. The number of hydrogen-bond donors (Lipinski definition) is 1. The van der Waals surface area contributed by atoms with Gasteiger partial charge in [-0.25, -0.2) is 9.11 Å². The maximum Gasteiger partial charge on any atom is 0.279 e. The number of ether oxygens (including phenoxy) is 1. The second-order valence-corrected chi connectivity index (χ2v) is 6.59. The van der Waals surface area contributed by atoms with Gasteiger partial charge in [0.2, 0.25) is 0 Å². The second-order valence-electron chi connectivity index (χ2n) is 4.88. The summed E-state index contributed by atoms with van der Waals surface area (Å²) in [4.78, 5) is 9.99. The van der Waals surface area contributed by atoms with Crippen molar-refractivity contribution in [2.24, 2.45) is 0 Å². The summed E-state index contributed by atoms with van der Waals surface area (Å²) in [6.45, 7) is 0.520. The molecule has 2 saturated heterocycles. The number of hydrogen-bond acceptors (Lipinski definition) is 5. The maximum atomic E-state index is 13.4. The topological polar surface area (TPSA) is 102 Å². The van der Waals surface area contributed by atoms with E-state index in [0.29, 0.717) is 13.0 Å². The molecule has 0 amide bonds. The molecular formula is C11H12FN3O5S. The van der Waals surface area contributed by atoms with Gasteiger partial charge in [-0.2, -0.15) is 12.7 Å². The van der Waals surface area contributed by atoms with Crippen LogP contribution in [-0.2, 0) is 10.2 Å². The minimum absolute atomic E-state index is 0.0258. The van der Waals surface area contributed by atoms with Crippen LogP contribution < -0.4 is 9.46 Å². The zero-order valence-electron chi connectivity index (χ0n) is 10.7. The quantitative estimate of drug-likeness (QED) is 0.642. The summed E-state index contributed by atoms with van der Waals surface area (Å²) in [6, 6.07) is 2.60. The van der Waals surface area contributed by atoms with Crippen molar-refractivity contribution in [3.8, 4) is 5.75 Å². The molecule has 0 aromatic heterocycles. The zero-order chi connectivity index (χ0) is 15.2. The Balaban J connectivity index is 1.81. The number of benzene rings is 1. The van der Waals surface area contributed by atoms with Crippen LogP contribution in [0.25, 0.3) is 0 Å². The number of fused-ring (bicyclic) bond motifs is 1. The van der Waals surface area contributed by atoms with E-state index >= 15 is 0 Å². The molecule has 2 aliphatic rings. The Morgan fingerprint density at radius 3 is 2.90 bits per heavy atom. The third-order valence-corrected chi connectivity index (χ3v) is 5.17. The molecule has 0 bridgehead atoms. The van der Waals surface area contributed by atoms with Crippen LogP contribution in [0.4, 0.5) is 10.1 Å². The van der Waals surface area contributed by atoms with Crippen LogP contribution in [0.1, 0.15) is 6.42 Å². The van der Waals surface area contributed by atoms with E-state index in [9.17, 15) is 22.9 Å². The van der Waals surface area contributed by atoms with Crippen LogP contribution in [0.15, 0.2) is 18.2 Å². The summed E-state index contributed by atoms with van der Waals surface area (Å²) in [5.74, 6) is -0.746. The molecular weight excluding hydrogens is 305 g/mol. The molecule has 8 nitrogen and oxygen atoms in total. The van der Waals surface area contributed by atoms with E-state index in [1.54, 1.807) is 0 Å². The molecule has 0 saturated carbocycles. The van der Waals surface area contributed by atoms with Crippen molar-refractivity contribution in [2.45, 2.75) is 18.6 Å². The van der Waals surface area contributed by atoms with Gasteiger partial charge in [-0.1, -0.05) is 0 Å². The van der Waals surface area contributed by atoms with E-state index < -0.39 is 32.7 Å². The molecule has 114 valence electrons. The highest BCUT2D eigenvalue weighted by atomic mass is 32.2. The number of nitrogens with zero attached hydrogens (tertiary/aromatic N) is 2. The highest BCUT2D eigenvalue weighted by molar-refractivity contribution is 7.87. The van der Waals surface area contributed by atoms with E-state index in [1.807, 2.05) is 0 Å². The lowest BCUT2D eigenvalue weighted by Gasteiger charge is -2.19. The Morgan fingerprint density at radius 2 is 2.19 bits per heavy atom. The summed E-state index contributed by atoms with van der Waals surface area (Å²) >= 11 is 0. The number of halogens is 1. The lowest BCUT2D eigenvalue weighted by molar-refractivity contribution is -0.385. The molecule has 0 aliphatic carbocycles. The summed E-state index contributed by atoms with van der Waals surface area (Å²) < 4.78 is 45.9. The van der Waals surface area contributed by atoms with Crippen LogP contribution in [0.5, 0.6) is 5.75 Å². The van der Waals surface area contributed by atoms with E-state index in [0.717, 1.165) is 18.2 Å². The average molecular weight is 317 g/mol. The van der Waals surface area contributed by atoms with Gasteiger partial charge in [0.1, 0.15) is 17.7 Å². The van der Waals surface area contributed by atoms with Gasteiger partial charge in [0.25, 0.3) is 15.9 Å². The van der Waals surface area contributed by atoms with Crippen molar-refractivity contribution < 1.29 is 22.5 Å². The molecule has 2 aliphatic heterocycles. The normalized spacial score (nSPS) is 27.5. The van der Waals surface area contributed by atoms with E-state index in [4.69, 9.17) is 4.74 Å². The van der Waals surface area contributed by atoms with Gasteiger partial charge in [0.05, 0.1) is 23.1 Å². The first-order chi connectivity index (χ1) is 9.87. The monoisotopic (exact) mass is 317 g/mol. The second kappa shape index (κ2) is 4.90. The lowest BCUT2D eigenvalue weighted by atomic mass is 10.2. The van der Waals surface area contributed by atoms with Crippen molar-refractivity contribution in [1.29, 1.82) is 0 Å². The average Bonchev–Trinajstić information content (AvgIpc) is 2.91. The van der Waals surface area contributed by atoms with Crippen molar-refractivity contribution in [3.63, 3.8) is 0 Å². The molecule has 21 heavy (non-hydrogen) atoms. The Bertz CT molecular complexity index is 695. The Morgan fingerprint density at radius 1 is 1.43 bits per heavy atom. The molecule has 2 atom stereocenters. The molecule has 3 rings (SSSR count). The molecule has 0 radical (unpaired) electrons. The smallest absolute Gasteiger partial charge is 0.279 e. The lowest BCUT2D eigenvalue weighted by Crippen LogP contribution is -2.35. The van der Waals surface area contributed by atoms with Crippen LogP contribution >= 0.6 is 0 Å². The fourth-order valence-corrected chi connectivity index (χ4v) is 4.10. The Labute approximate surface area is 119 Å². The van der Waals surface area contributed by atoms with Crippen LogP contribution in [0, 0.1) is 15.9 Å². The fourth-order valence-electron chi connectivity index (χ4n) is 2.64. The number of nitro groups is 1. The van der Waals surface area contributed by atoms with Gasteiger partial charge in [-0.15, -0.1) is 0 Å². The van der Waals surface area contributed by atoms with E-state index in [-0.39, 0.29) is 18.3 Å². The Hall–Kier alpha value is -1.78. The van der Waals surface area contributed by atoms with E-state index in [1.165, 1.54) is 4.31 Å². The summed E-state index contributed by atoms with van der Waals surface area (Å²) in [7, 11) is -3.46. The number of rotatable bonds is 3. The molecule has 10 heteroatoms. The minimum atomic E-state index is -3.46. The number of nitro benzene ring substituents is 1. The number of nitrogens with one attached hydrogen (secondary N) is 1. The predicted octanol–water partition coefficient (Wildman–Crippen LogP) is 0.404. The standard InChI is InChI=1S/C11H12FN3O5S/c12-7-3-8(15(16)17)5-9(4-7)20-11-1-2-14-10(11)6-13-21(14,18)19/h3-5,10-11,13H,1-2,6H2/t10-,11+/m1/s1. The summed E-state index contributed by atoms with van der Waals surface area (Å²) in [6.07, 6.45) is -0.00762. The molecule has 1 aromatic carbocycles. The summed E-state index contributed by atoms with van der Waals surface area (Å²) in [5, 5.41) is 10.7. The molecule has 0 spiro atoms. The SMILES string of the molecule is O=[N+]([O-])c1cc(F)cc(O[C@H]2CCN3[C@@H]2CNS3(=O)=O)c1. The van der Waals surface area contributed by atoms with Crippen molar-refractivity contribution in [2.75, 3.05) is 13.1 Å². The largest absolute Gasteiger partial charge is 0.488 e. The van der Waals surface area contributed by atoms with Gasteiger partial charge >= 0.3 is 0 Å². The third-order valence-electron chi connectivity index (χ3n) is 3.57. The highest BCUT2D eigenvalue weighted by Gasteiger charge is 2.47. The van der Waals surface area contributed by atoms with Crippen molar-refractivity contribution >= 4 is 15.9 Å². The third kappa shape index (κ3) is 2.57. The summed E-state index contributed by atoms with van der Waals surface area (Å²) in [5.41, 5.74) is -0.406. The zero-order valence-corrected chi connectivity index (χ0v) is 11.5. The molecule has 1 N–H and O–H groups in total. The fraction of sp³-hybridized carbons (Fsp3) is 0.455. The molecule has 0 unspecified atom stereocenters. The molecule has 2 heterocycles.